The Bertz CT molecular complexity index is 1010. The molecule has 0 aliphatic carbocycles. The molecule has 0 bridgehead atoms. The summed E-state index contributed by atoms with van der Waals surface area (Å²) in [5.41, 5.74) is 3.29. The minimum absolute atomic E-state index is 0.149. The van der Waals surface area contributed by atoms with Crippen LogP contribution in [0.5, 0.6) is 23.0 Å². The molecule has 3 aromatic rings. The van der Waals surface area contributed by atoms with Gasteiger partial charge in [-0.2, -0.15) is 0 Å². The molecule has 0 aromatic heterocycles. The maximum atomic E-state index is 12.6. The fourth-order valence-electron chi connectivity index (χ4n) is 3.16. The standard InChI is InChI=1S/C24H25NO5/c1-27-19-9-5-16(6-10-19)21-14-18(8-12-22(21)29-3)25-24(26)13-17-7-11-20(28-2)15-23(17)30-4/h5-12,14-15H,13H2,1-4H3,(H,25,26). The molecule has 156 valence electrons. The van der Waals surface area contributed by atoms with Crippen molar-refractivity contribution >= 4 is 11.6 Å². The maximum Gasteiger partial charge on any atom is 0.228 e. The number of methoxy groups -OCH3 is 4. The molecular formula is C24H25NO5. The van der Waals surface area contributed by atoms with Crippen LogP contribution < -0.4 is 24.3 Å². The van der Waals surface area contributed by atoms with Gasteiger partial charge in [0.15, 0.2) is 0 Å². The number of rotatable bonds is 8. The Balaban J connectivity index is 1.80. The Morgan fingerprint density at radius 2 is 1.40 bits per heavy atom. The summed E-state index contributed by atoms with van der Waals surface area (Å²) in [6, 6.07) is 18.6. The third-order valence-corrected chi connectivity index (χ3v) is 4.73. The quantitative estimate of drug-likeness (QED) is 0.593. The van der Waals surface area contributed by atoms with E-state index < -0.39 is 0 Å². The summed E-state index contributed by atoms with van der Waals surface area (Å²) in [7, 11) is 6.41. The van der Waals surface area contributed by atoms with E-state index in [0.717, 1.165) is 28.2 Å². The third-order valence-electron chi connectivity index (χ3n) is 4.73. The number of ether oxygens (including phenoxy) is 4. The van der Waals surface area contributed by atoms with E-state index in [1.54, 1.807) is 40.6 Å². The van der Waals surface area contributed by atoms with E-state index in [-0.39, 0.29) is 12.3 Å². The topological polar surface area (TPSA) is 66.0 Å². The minimum Gasteiger partial charge on any atom is -0.497 e. The van der Waals surface area contributed by atoms with Crippen LogP contribution >= 0.6 is 0 Å². The Labute approximate surface area is 176 Å². The summed E-state index contributed by atoms with van der Waals surface area (Å²) >= 11 is 0. The van der Waals surface area contributed by atoms with Crippen molar-refractivity contribution in [3.63, 3.8) is 0 Å². The first-order valence-corrected chi connectivity index (χ1v) is 9.41. The first-order chi connectivity index (χ1) is 14.6. The average Bonchev–Trinajstić information content (AvgIpc) is 2.79. The average molecular weight is 407 g/mol. The summed E-state index contributed by atoms with van der Waals surface area (Å²) in [5.74, 6) is 2.63. The van der Waals surface area contributed by atoms with E-state index in [1.807, 2.05) is 48.5 Å². The van der Waals surface area contributed by atoms with Crippen molar-refractivity contribution in [2.45, 2.75) is 6.42 Å². The van der Waals surface area contributed by atoms with Crippen molar-refractivity contribution in [1.29, 1.82) is 0 Å². The molecule has 0 radical (unpaired) electrons. The zero-order valence-corrected chi connectivity index (χ0v) is 17.5. The van der Waals surface area contributed by atoms with Crippen molar-refractivity contribution in [1.82, 2.24) is 0 Å². The third kappa shape index (κ3) is 4.84. The molecule has 0 spiro atoms. The van der Waals surface area contributed by atoms with Gasteiger partial charge in [0.1, 0.15) is 23.0 Å². The summed E-state index contributed by atoms with van der Waals surface area (Å²) in [6.07, 6.45) is 0.178. The predicted octanol–water partition coefficient (Wildman–Crippen LogP) is 4.57. The van der Waals surface area contributed by atoms with Gasteiger partial charge in [-0.25, -0.2) is 0 Å². The van der Waals surface area contributed by atoms with Crippen molar-refractivity contribution < 1.29 is 23.7 Å². The molecule has 0 atom stereocenters. The molecule has 0 aliphatic rings. The van der Waals surface area contributed by atoms with Crippen molar-refractivity contribution in [3.8, 4) is 34.1 Å². The monoisotopic (exact) mass is 407 g/mol. The number of carbonyl (C=O) groups is 1. The van der Waals surface area contributed by atoms with Gasteiger partial charge in [-0.05, 0) is 42.0 Å². The Morgan fingerprint density at radius 1 is 0.733 bits per heavy atom. The number of hydrogen-bond acceptors (Lipinski definition) is 5. The van der Waals surface area contributed by atoms with E-state index in [0.29, 0.717) is 17.2 Å². The first kappa shape index (κ1) is 21.0. The lowest BCUT2D eigenvalue weighted by Gasteiger charge is -2.13. The number of nitrogens with one attached hydrogen (secondary N) is 1. The van der Waals surface area contributed by atoms with Crippen LogP contribution in [0.1, 0.15) is 5.56 Å². The van der Waals surface area contributed by atoms with Gasteiger partial charge in [0.2, 0.25) is 5.91 Å². The van der Waals surface area contributed by atoms with Crippen molar-refractivity contribution in [3.05, 3.63) is 66.2 Å². The SMILES string of the molecule is COc1ccc(-c2cc(NC(=O)Cc3ccc(OC)cc3OC)ccc2OC)cc1. The highest BCUT2D eigenvalue weighted by Gasteiger charge is 2.13. The molecule has 6 heteroatoms. The molecule has 0 heterocycles. The molecule has 0 aliphatic heterocycles. The lowest BCUT2D eigenvalue weighted by atomic mass is 10.0. The van der Waals surface area contributed by atoms with Gasteiger partial charge in [0.05, 0.1) is 34.9 Å². The summed E-state index contributed by atoms with van der Waals surface area (Å²) in [4.78, 5) is 12.6. The Hall–Kier alpha value is -3.67. The predicted molar refractivity (Wildman–Crippen MR) is 117 cm³/mol. The van der Waals surface area contributed by atoms with Crippen LogP contribution in [-0.4, -0.2) is 34.3 Å². The summed E-state index contributed by atoms with van der Waals surface area (Å²) in [5, 5.41) is 2.95. The van der Waals surface area contributed by atoms with Crippen molar-refractivity contribution in [2.24, 2.45) is 0 Å². The first-order valence-electron chi connectivity index (χ1n) is 9.41. The lowest BCUT2D eigenvalue weighted by Crippen LogP contribution is -2.15. The highest BCUT2D eigenvalue weighted by Crippen LogP contribution is 2.33. The van der Waals surface area contributed by atoms with Crippen LogP contribution in [-0.2, 0) is 11.2 Å². The zero-order chi connectivity index (χ0) is 21.5. The highest BCUT2D eigenvalue weighted by molar-refractivity contribution is 5.93. The van der Waals surface area contributed by atoms with E-state index in [2.05, 4.69) is 5.32 Å². The fourth-order valence-corrected chi connectivity index (χ4v) is 3.16. The summed E-state index contributed by atoms with van der Waals surface area (Å²) < 4.78 is 21.3. The number of carbonyl (C=O) groups excluding carboxylic acids is 1. The number of benzene rings is 3. The van der Waals surface area contributed by atoms with Gasteiger partial charge in [-0.3, -0.25) is 4.79 Å². The number of hydrogen-bond donors (Lipinski definition) is 1. The van der Waals surface area contributed by atoms with Crippen LogP contribution in [0.25, 0.3) is 11.1 Å². The van der Waals surface area contributed by atoms with Gasteiger partial charge in [0, 0.05) is 22.9 Å². The van der Waals surface area contributed by atoms with E-state index in [1.165, 1.54) is 0 Å². The molecule has 0 fully saturated rings. The van der Waals surface area contributed by atoms with Gasteiger partial charge >= 0.3 is 0 Å². The molecule has 3 aromatic carbocycles. The molecule has 1 amide bonds. The highest BCUT2D eigenvalue weighted by atomic mass is 16.5. The van der Waals surface area contributed by atoms with Crippen LogP contribution in [0, 0.1) is 0 Å². The Morgan fingerprint density at radius 3 is 2.03 bits per heavy atom. The van der Waals surface area contributed by atoms with E-state index in [9.17, 15) is 4.79 Å². The van der Waals surface area contributed by atoms with Gasteiger partial charge in [-0.15, -0.1) is 0 Å². The molecule has 0 unspecified atom stereocenters. The van der Waals surface area contributed by atoms with Gasteiger partial charge in [-0.1, -0.05) is 18.2 Å². The maximum absolute atomic E-state index is 12.6. The van der Waals surface area contributed by atoms with E-state index >= 15 is 0 Å². The normalized spacial score (nSPS) is 10.3. The summed E-state index contributed by atoms with van der Waals surface area (Å²) in [6.45, 7) is 0. The molecule has 30 heavy (non-hydrogen) atoms. The number of amides is 1. The van der Waals surface area contributed by atoms with Crippen molar-refractivity contribution in [2.75, 3.05) is 33.8 Å². The smallest absolute Gasteiger partial charge is 0.228 e. The van der Waals surface area contributed by atoms with Crippen LogP contribution in [0.3, 0.4) is 0 Å². The second-order valence-corrected chi connectivity index (χ2v) is 6.55. The minimum atomic E-state index is -0.149. The molecule has 0 saturated carbocycles. The molecule has 6 nitrogen and oxygen atoms in total. The van der Waals surface area contributed by atoms with Gasteiger partial charge in [0.25, 0.3) is 0 Å². The van der Waals surface area contributed by atoms with Crippen LogP contribution in [0.2, 0.25) is 0 Å². The number of anilines is 1. The van der Waals surface area contributed by atoms with E-state index in [4.69, 9.17) is 18.9 Å². The van der Waals surface area contributed by atoms with Crippen LogP contribution in [0.4, 0.5) is 5.69 Å². The molecular weight excluding hydrogens is 382 g/mol. The fraction of sp³-hybridized carbons (Fsp3) is 0.208. The second kappa shape index (κ2) is 9.69. The molecule has 0 saturated heterocycles. The molecule has 3 rings (SSSR count). The zero-order valence-electron chi connectivity index (χ0n) is 17.5. The second-order valence-electron chi connectivity index (χ2n) is 6.55. The Kier molecular flexibility index (Phi) is 6.80. The largest absolute Gasteiger partial charge is 0.497 e. The van der Waals surface area contributed by atoms with Gasteiger partial charge < -0.3 is 24.3 Å². The lowest BCUT2D eigenvalue weighted by molar-refractivity contribution is -0.115. The molecule has 1 N–H and O–H groups in total. The van der Waals surface area contributed by atoms with Crippen LogP contribution in [0.15, 0.2) is 60.7 Å².